The standard InChI is InChI=1S/C24H31N5O3/c1-15(13-28(6)26-5)20-12-19-17(9-10-18(22(25)30)21(19)27-20)16-8-7-11-29(14-16)23(31)32-24(2,3)4/h8-10,12-13,27H,5,7,11,14H2,1-4,6H3,(H2,25,30)/b15-13+. The molecule has 0 aliphatic carbocycles. The van der Waals surface area contributed by atoms with Gasteiger partial charge in [0.05, 0.1) is 11.1 Å². The zero-order valence-electron chi connectivity index (χ0n) is 19.4. The predicted octanol–water partition coefficient (Wildman–Crippen LogP) is 4.20. The van der Waals surface area contributed by atoms with Crippen LogP contribution in [0.1, 0.15) is 55.7 Å². The molecule has 1 aromatic heterocycles. The highest BCUT2D eigenvalue weighted by Gasteiger charge is 2.26. The van der Waals surface area contributed by atoms with Crippen LogP contribution >= 0.6 is 0 Å². The summed E-state index contributed by atoms with van der Waals surface area (Å²) in [5.74, 6) is -0.505. The Morgan fingerprint density at radius 3 is 2.69 bits per heavy atom. The fourth-order valence-corrected chi connectivity index (χ4v) is 3.73. The molecular formula is C24H31N5O3. The van der Waals surface area contributed by atoms with E-state index in [2.05, 4.69) is 22.9 Å². The molecule has 3 N–H and O–H groups in total. The smallest absolute Gasteiger partial charge is 0.410 e. The maximum Gasteiger partial charge on any atom is 0.410 e. The van der Waals surface area contributed by atoms with Gasteiger partial charge in [-0.05, 0) is 63.0 Å². The van der Waals surface area contributed by atoms with Gasteiger partial charge in [0.15, 0.2) is 0 Å². The van der Waals surface area contributed by atoms with E-state index in [0.29, 0.717) is 24.2 Å². The molecule has 0 atom stereocenters. The summed E-state index contributed by atoms with van der Waals surface area (Å²) in [6.45, 7) is 12.1. The number of hydrazone groups is 1. The number of nitrogens with zero attached hydrogens (tertiary/aromatic N) is 3. The molecule has 1 aromatic carbocycles. The zero-order valence-corrected chi connectivity index (χ0v) is 19.4. The Labute approximate surface area is 188 Å². The number of aromatic nitrogens is 1. The van der Waals surface area contributed by atoms with Crippen molar-refractivity contribution in [1.82, 2.24) is 14.9 Å². The molecule has 0 saturated carbocycles. The second kappa shape index (κ2) is 8.90. The van der Waals surface area contributed by atoms with Crippen molar-refractivity contribution in [3.8, 4) is 0 Å². The van der Waals surface area contributed by atoms with Crippen molar-refractivity contribution >= 4 is 40.8 Å². The van der Waals surface area contributed by atoms with E-state index in [0.717, 1.165) is 34.2 Å². The Kier molecular flexibility index (Phi) is 6.43. The molecule has 8 nitrogen and oxygen atoms in total. The highest BCUT2D eigenvalue weighted by Crippen LogP contribution is 2.33. The first-order valence-corrected chi connectivity index (χ1v) is 10.5. The number of H-pyrrole nitrogens is 1. The average Bonchev–Trinajstić information content (AvgIpc) is 3.17. The number of fused-ring (bicyclic) bond motifs is 1. The highest BCUT2D eigenvalue weighted by atomic mass is 16.6. The van der Waals surface area contributed by atoms with Gasteiger partial charge in [0.1, 0.15) is 5.60 Å². The van der Waals surface area contributed by atoms with Gasteiger partial charge in [0.25, 0.3) is 5.91 Å². The van der Waals surface area contributed by atoms with Gasteiger partial charge in [0, 0.05) is 44.1 Å². The second-order valence-electron chi connectivity index (χ2n) is 8.94. The number of carbonyl (C=O) groups is 2. The summed E-state index contributed by atoms with van der Waals surface area (Å²) in [4.78, 5) is 29.7. The Morgan fingerprint density at radius 2 is 2.06 bits per heavy atom. The van der Waals surface area contributed by atoms with E-state index >= 15 is 0 Å². The number of rotatable bonds is 5. The minimum absolute atomic E-state index is 0.332. The van der Waals surface area contributed by atoms with E-state index in [-0.39, 0.29) is 6.09 Å². The number of benzene rings is 1. The van der Waals surface area contributed by atoms with Crippen molar-refractivity contribution in [3.63, 3.8) is 0 Å². The van der Waals surface area contributed by atoms with Crippen molar-refractivity contribution in [2.24, 2.45) is 10.8 Å². The van der Waals surface area contributed by atoms with Crippen LogP contribution in [-0.4, -0.2) is 59.3 Å². The summed E-state index contributed by atoms with van der Waals surface area (Å²) in [6, 6.07) is 5.61. The van der Waals surface area contributed by atoms with Crippen LogP contribution in [-0.2, 0) is 4.74 Å². The quantitative estimate of drug-likeness (QED) is 0.540. The minimum Gasteiger partial charge on any atom is -0.444 e. The van der Waals surface area contributed by atoms with Crippen LogP contribution in [0.4, 0.5) is 4.79 Å². The molecule has 0 saturated heterocycles. The lowest BCUT2D eigenvalue weighted by Gasteiger charge is -2.30. The Hall–Kier alpha value is -3.55. The van der Waals surface area contributed by atoms with E-state index in [1.807, 2.05) is 46.0 Å². The molecule has 0 bridgehead atoms. The lowest BCUT2D eigenvalue weighted by molar-refractivity contribution is 0.0273. The zero-order chi connectivity index (χ0) is 23.6. The molecule has 0 fully saturated rings. The molecule has 0 unspecified atom stereocenters. The van der Waals surface area contributed by atoms with Gasteiger partial charge in [-0.15, -0.1) is 0 Å². The van der Waals surface area contributed by atoms with Crippen LogP contribution in [0.25, 0.3) is 22.0 Å². The number of carbonyl (C=O) groups excluding carboxylic acids is 2. The summed E-state index contributed by atoms with van der Waals surface area (Å²) >= 11 is 0. The van der Waals surface area contributed by atoms with Crippen LogP contribution in [0.2, 0.25) is 0 Å². The molecule has 2 heterocycles. The number of hydrogen-bond donors (Lipinski definition) is 2. The van der Waals surface area contributed by atoms with Gasteiger partial charge in [0.2, 0.25) is 0 Å². The van der Waals surface area contributed by atoms with Crippen molar-refractivity contribution in [3.05, 3.63) is 47.3 Å². The monoisotopic (exact) mass is 437 g/mol. The van der Waals surface area contributed by atoms with Gasteiger partial charge in [-0.1, -0.05) is 12.1 Å². The summed E-state index contributed by atoms with van der Waals surface area (Å²) in [5.41, 5.74) is 9.87. The van der Waals surface area contributed by atoms with Crippen molar-refractivity contribution in [2.75, 3.05) is 20.1 Å². The van der Waals surface area contributed by atoms with E-state index in [9.17, 15) is 9.59 Å². The van der Waals surface area contributed by atoms with Crippen molar-refractivity contribution < 1.29 is 14.3 Å². The molecule has 32 heavy (non-hydrogen) atoms. The number of allylic oxidation sites excluding steroid dienone is 1. The van der Waals surface area contributed by atoms with E-state index in [1.165, 1.54) is 0 Å². The molecule has 170 valence electrons. The molecule has 2 amide bonds. The summed E-state index contributed by atoms with van der Waals surface area (Å²) in [5, 5.41) is 6.34. The topological polar surface area (TPSA) is 104 Å². The lowest BCUT2D eigenvalue weighted by atomic mass is 9.96. The summed E-state index contributed by atoms with van der Waals surface area (Å²) in [6.07, 6.45) is 4.36. The molecule has 3 rings (SSSR count). The van der Waals surface area contributed by atoms with Gasteiger partial charge >= 0.3 is 6.09 Å². The number of hydrogen-bond acceptors (Lipinski definition) is 5. The van der Waals surface area contributed by atoms with Gasteiger partial charge in [-0.2, -0.15) is 5.10 Å². The Morgan fingerprint density at radius 1 is 1.34 bits per heavy atom. The first kappa shape index (κ1) is 23.1. The molecular weight excluding hydrogens is 406 g/mol. The van der Waals surface area contributed by atoms with Crippen molar-refractivity contribution in [1.29, 1.82) is 0 Å². The minimum atomic E-state index is -0.554. The van der Waals surface area contributed by atoms with Gasteiger partial charge < -0.3 is 20.4 Å². The van der Waals surface area contributed by atoms with Crippen LogP contribution < -0.4 is 5.73 Å². The maximum atomic E-state index is 12.6. The lowest BCUT2D eigenvalue weighted by Crippen LogP contribution is -2.39. The summed E-state index contributed by atoms with van der Waals surface area (Å²) in [7, 11) is 1.79. The average molecular weight is 438 g/mol. The van der Waals surface area contributed by atoms with Crippen LogP contribution in [0, 0.1) is 0 Å². The number of ether oxygens (including phenoxy) is 1. The Balaban J connectivity index is 2.03. The van der Waals surface area contributed by atoms with E-state index < -0.39 is 11.5 Å². The fraction of sp³-hybridized carbons (Fsp3) is 0.375. The number of nitrogens with one attached hydrogen (secondary N) is 1. The Bertz CT molecular complexity index is 1120. The normalized spacial score (nSPS) is 14.8. The highest BCUT2D eigenvalue weighted by molar-refractivity contribution is 6.08. The SMILES string of the molecule is C=NN(C)/C=C(\C)c1cc2c(C3=CCCN(C(=O)OC(C)(C)C)C3)ccc(C(N)=O)c2[nH]1. The fourth-order valence-electron chi connectivity index (χ4n) is 3.73. The van der Waals surface area contributed by atoms with E-state index in [4.69, 9.17) is 10.5 Å². The molecule has 1 aliphatic rings. The van der Waals surface area contributed by atoms with Gasteiger partial charge in [-0.25, -0.2) is 4.79 Å². The third kappa shape index (κ3) is 5.01. The molecule has 0 radical (unpaired) electrons. The first-order valence-electron chi connectivity index (χ1n) is 10.5. The largest absolute Gasteiger partial charge is 0.444 e. The predicted molar refractivity (Wildman–Crippen MR) is 128 cm³/mol. The van der Waals surface area contributed by atoms with Crippen molar-refractivity contribution in [2.45, 2.75) is 39.7 Å². The molecule has 2 aromatic rings. The number of nitrogens with two attached hydrogens (primary N) is 1. The molecule has 0 spiro atoms. The first-order chi connectivity index (χ1) is 15.0. The van der Waals surface area contributed by atoms with Gasteiger partial charge in [-0.3, -0.25) is 9.80 Å². The third-order valence-electron chi connectivity index (χ3n) is 5.24. The summed E-state index contributed by atoms with van der Waals surface area (Å²) < 4.78 is 5.55. The van der Waals surface area contributed by atoms with Crippen LogP contribution in [0.3, 0.4) is 0 Å². The number of primary amides is 1. The third-order valence-corrected chi connectivity index (χ3v) is 5.24. The second-order valence-corrected chi connectivity index (χ2v) is 8.94. The number of aromatic amines is 1. The molecule has 8 heteroatoms. The van der Waals surface area contributed by atoms with Crippen LogP contribution in [0.15, 0.2) is 35.6 Å². The maximum absolute atomic E-state index is 12.6. The molecule has 1 aliphatic heterocycles. The van der Waals surface area contributed by atoms with E-state index in [1.54, 1.807) is 23.0 Å². The number of amides is 2. The van der Waals surface area contributed by atoms with Crippen LogP contribution in [0.5, 0.6) is 0 Å².